The molecule has 0 unspecified atom stereocenters. The molecule has 0 aliphatic heterocycles. The molecule has 0 fully saturated rings. The molecule has 1 aromatic heterocycles. The first kappa shape index (κ1) is 14.2. The molecule has 2 N–H and O–H groups in total. The Hall–Kier alpha value is -2.75. The fraction of sp³-hybridized carbons (Fsp3) is 0.167. The van der Waals surface area contributed by atoms with Gasteiger partial charge in [0.25, 0.3) is 0 Å². The van der Waals surface area contributed by atoms with E-state index >= 15 is 0 Å². The van der Waals surface area contributed by atoms with Gasteiger partial charge in [-0.25, -0.2) is 0 Å². The average Bonchev–Trinajstić information content (AvgIpc) is 2.88. The van der Waals surface area contributed by atoms with Crippen molar-refractivity contribution in [3.63, 3.8) is 0 Å². The van der Waals surface area contributed by atoms with Gasteiger partial charge in [0.2, 0.25) is 5.91 Å². The molecule has 4 nitrogen and oxygen atoms in total. The number of amides is 1. The van der Waals surface area contributed by atoms with Crippen molar-refractivity contribution in [2.45, 2.75) is 20.5 Å². The number of nitrogens with one attached hydrogen (secondary N) is 2. The summed E-state index contributed by atoms with van der Waals surface area (Å²) in [6, 6.07) is 14.0. The maximum absolute atomic E-state index is 11.2. The molecule has 0 atom stereocenters. The smallest absolute Gasteiger partial charge is 0.221 e. The Bertz CT molecular complexity index is 804. The number of hydrogen-bond donors (Lipinski definition) is 2. The second-order valence-corrected chi connectivity index (χ2v) is 5.37. The highest BCUT2D eigenvalue weighted by Crippen LogP contribution is 2.25. The number of aromatic amines is 1. The fourth-order valence-electron chi connectivity index (χ4n) is 2.35. The van der Waals surface area contributed by atoms with E-state index in [0.29, 0.717) is 6.61 Å². The number of hydrogen-bond acceptors (Lipinski definition) is 2. The van der Waals surface area contributed by atoms with Crippen molar-refractivity contribution >= 4 is 22.5 Å². The summed E-state index contributed by atoms with van der Waals surface area (Å²) >= 11 is 0. The van der Waals surface area contributed by atoms with E-state index in [1.807, 2.05) is 49.4 Å². The summed E-state index contributed by atoms with van der Waals surface area (Å²) in [7, 11) is 0. The molecule has 2 aromatic carbocycles. The number of benzene rings is 2. The van der Waals surface area contributed by atoms with Crippen LogP contribution in [0.1, 0.15) is 18.1 Å². The first-order valence-corrected chi connectivity index (χ1v) is 7.19. The number of H-pyrrole nitrogens is 1. The van der Waals surface area contributed by atoms with Gasteiger partial charge in [-0.05, 0) is 36.8 Å². The number of aromatic nitrogens is 1. The van der Waals surface area contributed by atoms with E-state index in [9.17, 15) is 4.79 Å². The quantitative estimate of drug-likeness (QED) is 0.763. The lowest BCUT2D eigenvalue weighted by Crippen LogP contribution is -2.05. The summed E-state index contributed by atoms with van der Waals surface area (Å²) in [6.07, 6.45) is 1.80. The van der Waals surface area contributed by atoms with E-state index in [4.69, 9.17) is 4.74 Å². The predicted octanol–water partition coefficient (Wildman–Crippen LogP) is 4.01. The number of ether oxygens (including phenoxy) is 1. The van der Waals surface area contributed by atoms with Crippen LogP contribution >= 0.6 is 0 Å². The number of anilines is 1. The van der Waals surface area contributed by atoms with Crippen LogP contribution in [0, 0.1) is 6.92 Å². The van der Waals surface area contributed by atoms with Crippen molar-refractivity contribution in [3.05, 3.63) is 59.8 Å². The van der Waals surface area contributed by atoms with Crippen LogP contribution in [0.5, 0.6) is 5.75 Å². The molecule has 0 bridgehead atoms. The van der Waals surface area contributed by atoms with Gasteiger partial charge in [0.05, 0.1) is 5.69 Å². The van der Waals surface area contributed by atoms with Crippen LogP contribution in [-0.2, 0) is 11.4 Å². The van der Waals surface area contributed by atoms with E-state index in [1.54, 1.807) is 6.20 Å². The van der Waals surface area contributed by atoms with Crippen molar-refractivity contribution in [3.8, 4) is 5.75 Å². The first-order chi connectivity index (χ1) is 10.6. The number of aryl methyl sites for hydroxylation is 1. The molecule has 0 radical (unpaired) electrons. The summed E-state index contributed by atoms with van der Waals surface area (Å²) in [5, 5.41) is 3.81. The van der Waals surface area contributed by atoms with Gasteiger partial charge in [-0.1, -0.05) is 23.8 Å². The van der Waals surface area contributed by atoms with Crippen LogP contribution in [0.25, 0.3) is 10.9 Å². The molecule has 3 aromatic rings. The number of carbonyl (C=O) groups is 1. The van der Waals surface area contributed by atoms with Crippen molar-refractivity contribution in [1.82, 2.24) is 4.98 Å². The monoisotopic (exact) mass is 294 g/mol. The Labute approximate surface area is 129 Å². The Kier molecular flexibility index (Phi) is 3.83. The van der Waals surface area contributed by atoms with Gasteiger partial charge in [-0.2, -0.15) is 0 Å². The zero-order valence-corrected chi connectivity index (χ0v) is 12.6. The van der Waals surface area contributed by atoms with Crippen LogP contribution in [0.2, 0.25) is 0 Å². The number of fused-ring (bicyclic) bond motifs is 1. The maximum Gasteiger partial charge on any atom is 0.221 e. The van der Waals surface area contributed by atoms with E-state index in [0.717, 1.165) is 27.9 Å². The van der Waals surface area contributed by atoms with Crippen LogP contribution in [0.4, 0.5) is 5.69 Å². The van der Waals surface area contributed by atoms with Gasteiger partial charge in [0.1, 0.15) is 12.4 Å². The highest BCUT2D eigenvalue weighted by atomic mass is 16.5. The average molecular weight is 294 g/mol. The SMILES string of the molecule is CC(=O)Nc1c[nH]c2ccc(COc3ccc(C)cc3)cc12. The summed E-state index contributed by atoms with van der Waals surface area (Å²) in [5.74, 6) is 0.768. The summed E-state index contributed by atoms with van der Waals surface area (Å²) in [6.45, 7) is 4.04. The second kappa shape index (κ2) is 5.93. The van der Waals surface area contributed by atoms with Crippen LogP contribution in [0.3, 0.4) is 0 Å². The second-order valence-electron chi connectivity index (χ2n) is 5.37. The largest absolute Gasteiger partial charge is 0.489 e. The molecule has 22 heavy (non-hydrogen) atoms. The lowest BCUT2D eigenvalue weighted by atomic mass is 10.1. The van der Waals surface area contributed by atoms with Gasteiger partial charge in [0, 0.05) is 24.0 Å². The zero-order valence-electron chi connectivity index (χ0n) is 12.6. The Morgan fingerprint density at radius 2 is 1.95 bits per heavy atom. The minimum absolute atomic E-state index is 0.0813. The van der Waals surface area contributed by atoms with Gasteiger partial charge >= 0.3 is 0 Å². The van der Waals surface area contributed by atoms with E-state index in [-0.39, 0.29) is 5.91 Å². The lowest BCUT2D eigenvalue weighted by molar-refractivity contribution is -0.114. The topological polar surface area (TPSA) is 54.1 Å². The highest BCUT2D eigenvalue weighted by Gasteiger charge is 2.06. The third-order valence-electron chi connectivity index (χ3n) is 3.48. The molecule has 0 aliphatic rings. The molecule has 1 amide bonds. The minimum Gasteiger partial charge on any atom is -0.489 e. The van der Waals surface area contributed by atoms with Crippen LogP contribution in [-0.4, -0.2) is 10.9 Å². The van der Waals surface area contributed by atoms with Crippen molar-refractivity contribution < 1.29 is 9.53 Å². The Morgan fingerprint density at radius 3 is 2.68 bits per heavy atom. The summed E-state index contributed by atoms with van der Waals surface area (Å²) in [5.41, 5.74) is 4.04. The Balaban J connectivity index is 1.78. The van der Waals surface area contributed by atoms with Crippen molar-refractivity contribution in [2.75, 3.05) is 5.32 Å². The highest BCUT2D eigenvalue weighted by molar-refractivity contribution is 6.01. The van der Waals surface area contributed by atoms with Crippen LogP contribution < -0.4 is 10.1 Å². The summed E-state index contributed by atoms with van der Waals surface area (Å²) in [4.78, 5) is 14.4. The van der Waals surface area contributed by atoms with Crippen molar-refractivity contribution in [1.29, 1.82) is 0 Å². The van der Waals surface area contributed by atoms with Crippen LogP contribution in [0.15, 0.2) is 48.7 Å². The maximum atomic E-state index is 11.2. The molecular weight excluding hydrogens is 276 g/mol. The number of carbonyl (C=O) groups excluding carboxylic acids is 1. The van der Waals surface area contributed by atoms with E-state index in [2.05, 4.69) is 10.3 Å². The third-order valence-corrected chi connectivity index (χ3v) is 3.48. The standard InChI is InChI=1S/C18H18N2O2/c1-12-3-6-15(7-4-12)22-11-14-5-8-17-16(9-14)18(10-19-17)20-13(2)21/h3-10,19H,11H2,1-2H3,(H,20,21). The molecule has 4 heteroatoms. The van der Waals surface area contributed by atoms with E-state index < -0.39 is 0 Å². The molecule has 0 saturated carbocycles. The normalized spacial score (nSPS) is 10.6. The predicted molar refractivity (Wildman–Crippen MR) is 88.1 cm³/mol. The molecule has 0 spiro atoms. The van der Waals surface area contributed by atoms with Gasteiger partial charge < -0.3 is 15.0 Å². The zero-order chi connectivity index (χ0) is 15.5. The Morgan fingerprint density at radius 1 is 1.18 bits per heavy atom. The molecule has 112 valence electrons. The molecular formula is C18H18N2O2. The van der Waals surface area contributed by atoms with Gasteiger partial charge in [-0.3, -0.25) is 4.79 Å². The minimum atomic E-state index is -0.0813. The fourth-order valence-corrected chi connectivity index (χ4v) is 2.35. The molecule has 1 heterocycles. The van der Waals surface area contributed by atoms with Crippen molar-refractivity contribution in [2.24, 2.45) is 0 Å². The third kappa shape index (κ3) is 3.11. The lowest BCUT2D eigenvalue weighted by Gasteiger charge is -2.07. The molecule has 0 saturated heterocycles. The number of rotatable bonds is 4. The van der Waals surface area contributed by atoms with E-state index in [1.165, 1.54) is 12.5 Å². The first-order valence-electron chi connectivity index (χ1n) is 7.19. The molecule has 3 rings (SSSR count). The van der Waals surface area contributed by atoms with Gasteiger partial charge in [0.15, 0.2) is 0 Å². The molecule has 0 aliphatic carbocycles. The van der Waals surface area contributed by atoms with Gasteiger partial charge in [-0.15, -0.1) is 0 Å². The summed E-state index contributed by atoms with van der Waals surface area (Å²) < 4.78 is 5.80.